The summed E-state index contributed by atoms with van der Waals surface area (Å²) in [5.41, 5.74) is 12.9. The van der Waals surface area contributed by atoms with Crippen molar-refractivity contribution in [2.24, 2.45) is 0 Å². The molecule has 0 radical (unpaired) electrons. The van der Waals surface area contributed by atoms with E-state index in [1.807, 2.05) is 36.4 Å². The summed E-state index contributed by atoms with van der Waals surface area (Å²) in [4.78, 5) is 10.3. The van der Waals surface area contributed by atoms with Crippen LogP contribution in [-0.2, 0) is 0 Å². The first-order valence-corrected chi connectivity index (χ1v) is 19.3. The van der Waals surface area contributed by atoms with E-state index in [4.69, 9.17) is 14.4 Å². The summed E-state index contributed by atoms with van der Waals surface area (Å²) in [6.07, 6.45) is 0. The minimum Gasteiger partial charge on any atom is -0.453 e. The highest BCUT2D eigenvalue weighted by Crippen LogP contribution is 2.44. The first-order chi connectivity index (χ1) is 28.3. The second-order valence-corrected chi connectivity index (χ2v) is 14.5. The Kier molecular flexibility index (Phi) is 6.86. The number of hydrogen-bond acceptors (Lipinski definition) is 3. The lowest BCUT2D eigenvalue weighted by Gasteiger charge is -2.10. The Morgan fingerprint density at radius 1 is 0.368 bits per heavy atom. The van der Waals surface area contributed by atoms with Crippen LogP contribution in [0.3, 0.4) is 0 Å². The minimum atomic E-state index is 0.621. The van der Waals surface area contributed by atoms with Gasteiger partial charge in [0.1, 0.15) is 5.58 Å². The van der Waals surface area contributed by atoms with Gasteiger partial charge >= 0.3 is 0 Å². The predicted molar refractivity (Wildman–Crippen MR) is 234 cm³/mol. The Hall–Kier alpha value is -7.76. The van der Waals surface area contributed by atoms with E-state index in [1.165, 1.54) is 32.6 Å². The van der Waals surface area contributed by atoms with Crippen molar-refractivity contribution in [1.29, 1.82) is 0 Å². The van der Waals surface area contributed by atoms with Crippen LogP contribution >= 0.6 is 0 Å². The zero-order chi connectivity index (χ0) is 37.5. The third-order valence-corrected chi connectivity index (χ3v) is 11.3. The van der Waals surface area contributed by atoms with Gasteiger partial charge in [0.05, 0.1) is 44.7 Å². The fourth-order valence-corrected chi connectivity index (χ4v) is 8.87. The maximum Gasteiger partial charge on any atom is 0.164 e. The summed E-state index contributed by atoms with van der Waals surface area (Å²) < 4.78 is 11.9. The molecule has 0 saturated heterocycles. The van der Waals surface area contributed by atoms with Gasteiger partial charge in [0.15, 0.2) is 11.4 Å². The van der Waals surface area contributed by atoms with Crippen LogP contribution in [0.2, 0.25) is 0 Å². The molecule has 0 N–H and O–H groups in total. The molecule has 5 nitrogen and oxygen atoms in total. The van der Waals surface area contributed by atoms with Crippen LogP contribution in [0.5, 0.6) is 0 Å². The molecule has 12 aromatic rings. The lowest BCUT2D eigenvalue weighted by molar-refractivity contribution is 0.667. The Labute approximate surface area is 327 Å². The lowest BCUT2D eigenvalue weighted by Crippen LogP contribution is -1.96. The molecule has 4 heterocycles. The number of aromatic nitrogens is 4. The van der Waals surface area contributed by atoms with Gasteiger partial charge in [-0.05, 0) is 54.6 Å². The van der Waals surface area contributed by atoms with Gasteiger partial charge in [-0.25, -0.2) is 9.97 Å². The summed E-state index contributed by atoms with van der Waals surface area (Å²) in [6.45, 7) is 0. The zero-order valence-corrected chi connectivity index (χ0v) is 30.7. The largest absolute Gasteiger partial charge is 0.453 e. The first kappa shape index (κ1) is 31.6. The summed E-state index contributed by atoms with van der Waals surface area (Å²) in [5.74, 6) is 0.621. The number of benzene rings is 8. The molecule has 5 heteroatoms. The van der Waals surface area contributed by atoms with Crippen LogP contribution in [0.4, 0.5) is 0 Å². The number of furan rings is 1. The Balaban J connectivity index is 1.12. The average molecular weight is 729 g/mol. The first-order valence-electron chi connectivity index (χ1n) is 19.3. The maximum absolute atomic E-state index is 7.10. The highest BCUT2D eigenvalue weighted by atomic mass is 16.3. The molecule has 12 rings (SSSR count). The van der Waals surface area contributed by atoms with E-state index in [1.54, 1.807) is 0 Å². The normalized spacial score (nSPS) is 11.9. The van der Waals surface area contributed by atoms with Gasteiger partial charge < -0.3 is 13.6 Å². The van der Waals surface area contributed by atoms with Crippen LogP contribution in [0.25, 0.3) is 111 Å². The average Bonchev–Trinajstić information content (AvgIpc) is 3.95. The van der Waals surface area contributed by atoms with Crippen molar-refractivity contribution in [3.8, 4) is 45.3 Å². The fraction of sp³-hybridized carbons (Fsp3) is 0. The monoisotopic (exact) mass is 728 g/mol. The number of para-hydroxylation sites is 5. The van der Waals surface area contributed by atoms with Crippen LogP contribution < -0.4 is 0 Å². The van der Waals surface area contributed by atoms with E-state index in [-0.39, 0.29) is 0 Å². The number of fused-ring (bicyclic) bond motifs is 10. The van der Waals surface area contributed by atoms with Crippen LogP contribution in [-0.4, -0.2) is 19.1 Å². The third-order valence-electron chi connectivity index (χ3n) is 11.3. The van der Waals surface area contributed by atoms with E-state index < -0.39 is 0 Å². The Bertz CT molecular complexity index is 3450. The molecule has 0 saturated carbocycles. The van der Waals surface area contributed by atoms with E-state index >= 15 is 0 Å². The van der Waals surface area contributed by atoms with Gasteiger partial charge in [0.25, 0.3) is 0 Å². The molecule has 0 unspecified atom stereocenters. The second kappa shape index (κ2) is 12.4. The van der Waals surface area contributed by atoms with Gasteiger partial charge in [-0.15, -0.1) is 0 Å². The molecule has 0 aliphatic rings. The maximum atomic E-state index is 7.10. The molecule has 4 aromatic heterocycles. The molecule has 8 aromatic carbocycles. The molecule has 0 fully saturated rings. The molecule has 266 valence electrons. The predicted octanol–water partition coefficient (Wildman–Crippen LogP) is 13.6. The van der Waals surface area contributed by atoms with Crippen LogP contribution in [0.15, 0.2) is 199 Å². The van der Waals surface area contributed by atoms with E-state index in [2.05, 4.69) is 167 Å². The summed E-state index contributed by atoms with van der Waals surface area (Å²) in [7, 11) is 0. The van der Waals surface area contributed by atoms with E-state index in [0.29, 0.717) is 5.82 Å². The smallest absolute Gasteiger partial charge is 0.164 e. The third kappa shape index (κ3) is 4.76. The number of nitrogens with zero attached hydrogens (tertiary/aromatic N) is 4. The molecule has 57 heavy (non-hydrogen) atoms. The summed E-state index contributed by atoms with van der Waals surface area (Å²) in [6, 6.07) is 68.1. The van der Waals surface area contributed by atoms with Gasteiger partial charge in [-0.1, -0.05) is 140 Å². The molecular formula is C52H32N4O. The van der Waals surface area contributed by atoms with E-state index in [0.717, 1.165) is 72.4 Å². The van der Waals surface area contributed by atoms with Crippen molar-refractivity contribution in [3.05, 3.63) is 194 Å². The molecule has 0 atom stereocenters. The molecule has 0 aliphatic heterocycles. The molecule has 0 aliphatic carbocycles. The second-order valence-electron chi connectivity index (χ2n) is 14.5. The molecule has 0 spiro atoms. The topological polar surface area (TPSA) is 48.8 Å². The van der Waals surface area contributed by atoms with Gasteiger partial charge in [-0.2, -0.15) is 0 Å². The lowest BCUT2D eigenvalue weighted by atomic mass is 10.1. The van der Waals surface area contributed by atoms with Crippen molar-refractivity contribution >= 4 is 65.6 Å². The number of rotatable bonds is 5. The molecular weight excluding hydrogens is 697 g/mol. The molecule has 0 amide bonds. The van der Waals surface area contributed by atoms with Crippen LogP contribution in [0, 0.1) is 0 Å². The molecule has 0 bridgehead atoms. The number of hydrogen-bond donors (Lipinski definition) is 0. The standard InChI is InChI=1S/C52H32N4O/c1-4-16-33(17-5-1)41-32-42(34-18-6-2-7-19-34)54-52(53-41)40-26-14-24-36-37-25-15-29-47(51(37)57-50(36)40)56-44-28-13-11-23-39(44)49-46(56)31-30-45-48(49)38-22-10-12-27-43(38)55(45)35-20-8-3-9-21-35/h1-32H. The quantitative estimate of drug-likeness (QED) is 0.177. The minimum absolute atomic E-state index is 0.621. The highest BCUT2D eigenvalue weighted by molar-refractivity contribution is 6.29. The fourth-order valence-electron chi connectivity index (χ4n) is 8.87. The highest BCUT2D eigenvalue weighted by Gasteiger charge is 2.23. The van der Waals surface area contributed by atoms with Gasteiger partial charge in [0, 0.05) is 49.1 Å². The van der Waals surface area contributed by atoms with Crippen molar-refractivity contribution in [2.75, 3.05) is 0 Å². The van der Waals surface area contributed by atoms with Gasteiger partial charge in [-0.3, -0.25) is 0 Å². The van der Waals surface area contributed by atoms with Gasteiger partial charge in [0.2, 0.25) is 0 Å². The van der Waals surface area contributed by atoms with Crippen LogP contribution in [0.1, 0.15) is 0 Å². The Morgan fingerprint density at radius 3 is 1.49 bits per heavy atom. The van der Waals surface area contributed by atoms with Crippen molar-refractivity contribution < 1.29 is 4.42 Å². The van der Waals surface area contributed by atoms with Crippen molar-refractivity contribution in [2.45, 2.75) is 0 Å². The Morgan fingerprint density at radius 2 is 0.860 bits per heavy atom. The summed E-state index contributed by atoms with van der Waals surface area (Å²) >= 11 is 0. The van der Waals surface area contributed by atoms with Crippen molar-refractivity contribution in [1.82, 2.24) is 19.1 Å². The van der Waals surface area contributed by atoms with Crippen molar-refractivity contribution in [3.63, 3.8) is 0 Å². The summed E-state index contributed by atoms with van der Waals surface area (Å²) in [5, 5.41) is 6.95. The zero-order valence-electron chi connectivity index (χ0n) is 30.7. The SMILES string of the molecule is c1ccc(-c2cc(-c3ccccc3)nc(-c3cccc4c3oc3c(-n5c6ccccc6c6c7c8ccccc8n(-c8ccccc8)c7ccc65)cccc34)n2)cc1. The van der Waals surface area contributed by atoms with E-state index in [9.17, 15) is 0 Å².